The van der Waals surface area contributed by atoms with Crippen molar-refractivity contribution in [1.29, 1.82) is 0 Å². The van der Waals surface area contributed by atoms with Crippen molar-refractivity contribution >= 4 is 28.8 Å². The van der Waals surface area contributed by atoms with Crippen molar-refractivity contribution in [2.75, 3.05) is 25.2 Å². The van der Waals surface area contributed by atoms with Gasteiger partial charge in [-0.1, -0.05) is 0 Å². The number of methoxy groups -OCH3 is 1. The normalized spacial score (nSPS) is 25.4. The molecule has 0 radical (unpaired) electrons. The van der Waals surface area contributed by atoms with E-state index in [2.05, 4.69) is 10.6 Å². The van der Waals surface area contributed by atoms with Crippen LogP contribution in [0.1, 0.15) is 69.3 Å². The molecule has 2 aliphatic heterocycles. The molecule has 1 saturated carbocycles. The first-order valence-corrected chi connectivity index (χ1v) is 12.8. The van der Waals surface area contributed by atoms with Gasteiger partial charge in [-0.3, -0.25) is 9.69 Å². The first kappa shape index (κ1) is 24.1. The Bertz CT molecular complexity index is 1080. The summed E-state index contributed by atoms with van der Waals surface area (Å²) in [5, 5.41) is 9.46. The number of aromatic nitrogens is 2. The summed E-state index contributed by atoms with van der Waals surface area (Å²) < 4.78 is 19.1. The topological polar surface area (TPSA) is 103 Å². The van der Waals surface area contributed by atoms with E-state index in [4.69, 9.17) is 19.2 Å². The number of carbonyl (C=O) groups excluding carboxylic acids is 1. The minimum Gasteiger partial charge on any atom is -0.481 e. The van der Waals surface area contributed by atoms with Crippen LogP contribution in [0.4, 0.5) is 10.5 Å². The van der Waals surface area contributed by atoms with Crippen molar-refractivity contribution in [2.45, 2.75) is 83.1 Å². The number of hydrogen-bond donors (Lipinski definition) is 1. The summed E-state index contributed by atoms with van der Waals surface area (Å²) in [5.41, 5.74) is 3.87. The summed E-state index contributed by atoms with van der Waals surface area (Å²) in [6.07, 6.45) is 6.17. The Kier molecular flexibility index (Phi) is 6.98. The van der Waals surface area contributed by atoms with Crippen molar-refractivity contribution in [3.8, 4) is 0 Å². The molecule has 3 heterocycles. The van der Waals surface area contributed by atoms with Crippen LogP contribution in [-0.4, -0.2) is 59.2 Å². The van der Waals surface area contributed by atoms with E-state index in [9.17, 15) is 14.7 Å². The third kappa shape index (κ3) is 4.63. The number of hydrogen-bond acceptors (Lipinski definition) is 6. The average molecular weight is 486 g/mol. The molecule has 190 valence electrons. The van der Waals surface area contributed by atoms with Crippen LogP contribution in [0, 0.1) is 5.92 Å². The van der Waals surface area contributed by atoms with Gasteiger partial charge in [0.1, 0.15) is 12.4 Å². The molecule has 9 heteroatoms. The van der Waals surface area contributed by atoms with Crippen molar-refractivity contribution in [3.05, 3.63) is 23.5 Å². The molecule has 0 spiro atoms. The van der Waals surface area contributed by atoms with Crippen LogP contribution in [0.2, 0.25) is 0 Å². The van der Waals surface area contributed by atoms with Crippen LogP contribution in [0.3, 0.4) is 0 Å². The van der Waals surface area contributed by atoms with Gasteiger partial charge >= 0.3 is 12.1 Å². The molecule has 3 aliphatic rings. The lowest BCUT2D eigenvalue weighted by Gasteiger charge is -2.34. The molecular weight excluding hydrogens is 450 g/mol. The van der Waals surface area contributed by atoms with E-state index in [-0.39, 0.29) is 30.2 Å². The predicted molar refractivity (Wildman–Crippen MR) is 130 cm³/mol. The van der Waals surface area contributed by atoms with E-state index >= 15 is 0 Å². The van der Waals surface area contributed by atoms with Crippen molar-refractivity contribution in [1.82, 2.24) is 9.55 Å². The highest BCUT2D eigenvalue weighted by molar-refractivity contribution is 5.95. The second-order valence-corrected chi connectivity index (χ2v) is 10.0. The molecule has 1 unspecified atom stereocenters. The molecule has 2 fully saturated rings. The fourth-order valence-corrected chi connectivity index (χ4v) is 5.95. The van der Waals surface area contributed by atoms with E-state index in [0.717, 1.165) is 79.8 Å². The number of carboxylic acid groups (broad SMARTS) is 1. The molecule has 1 atom stereocenters. The largest absolute Gasteiger partial charge is 0.481 e. The molecule has 35 heavy (non-hydrogen) atoms. The van der Waals surface area contributed by atoms with Gasteiger partial charge in [-0.2, -0.15) is 0 Å². The van der Waals surface area contributed by atoms with Gasteiger partial charge in [0, 0.05) is 30.9 Å². The van der Waals surface area contributed by atoms with Crippen LogP contribution in [0.25, 0.3) is 11.0 Å². The quantitative estimate of drug-likeness (QED) is 0.667. The molecule has 1 aromatic heterocycles. The molecule has 2 aromatic rings. The van der Waals surface area contributed by atoms with E-state index in [1.165, 1.54) is 7.11 Å². The molecule has 9 nitrogen and oxygen atoms in total. The van der Waals surface area contributed by atoms with E-state index in [0.29, 0.717) is 19.4 Å². The first-order valence-electron chi connectivity index (χ1n) is 12.8. The van der Waals surface area contributed by atoms with Crippen molar-refractivity contribution < 1.29 is 28.9 Å². The number of carboxylic acids is 1. The molecule has 5 rings (SSSR count). The SMILES string of the molecule is COC(=O)N1c2ccc3c(nc(COC4CCOCC4)n3C3CCC(C(=O)O)CC3)c2CCC1C. The molecule has 1 aromatic carbocycles. The van der Waals surface area contributed by atoms with Gasteiger partial charge in [-0.25, -0.2) is 9.78 Å². The Hall–Kier alpha value is -2.65. The third-order valence-corrected chi connectivity index (χ3v) is 7.93. The highest BCUT2D eigenvalue weighted by Gasteiger charge is 2.34. The Morgan fingerprint density at radius 2 is 1.86 bits per heavy atom. The van der Waals surface area contributed by atoms with Gasteiger partial charge in [-0.05, 0) is 70.4 Å². The van der Waals surface area contributed by atoms with Crippen LogP contribution < -0.4 is 4.90 Å². The van der Waals surface area contributed by atoms with Gasteiger partial charge in [-0.15, -0.1) is 0 Å². The molecule has 1 N–H and O–H groups in total. The van der Waals surface area contributed by atoms with Gasteiger partial charge in [0.05, 0.1) is 35.9 Å². The standard InChI is InChI=1S/C26H35N3O6/c1-16-3-8-20-21(28(16)26(32)33-2)9-10-22-24(20)27-23(15-35-19-11-13-34-14-12-19)29(22)18-6-4-17(5-7-18)25(30)31/h9-10,16-19H,3-8,11-15H2,1-2H3,(H,30,31). The van der Waals surface area contributed by atoms with E-state index < -0.39 is 5.97 Å². The predicted octanol–water partition coefficient (Wildman–Crippen LogP) is 4.46. The third-order valence-electron chi connectivity index (χ3n) is 7.93. The number of benzene rings is 1. The van der Waals surface area contributed by atoms with Crippen molar-refractivity contribution in [3.63, 3.8) is 0 Å². The molecule has 0 bridgehead atoms. The minimum absolute atomic E-state index is 0.0529. The number of imidazole rings is 1. The average Bonchev–Trinajstić information content (AvgIpc) is 3.26. The highest BCUT2D eigenvalue weighted by Crippen LogP contribution is 2.40. The maximum Gasteiger partial charge on any atom is 0.414 e. The maximum atomic E-state index is 12.6. The maximum absolute atomic E-state index is 12.6. The lowest BCUT2D eigenvalue weighted by Crippen LogP contribution is -2.42. The zero-order chi connectivity index (χ0) is 24.5. The summed E-state index contributed by atoms with van der Waals surface area (Å²) in [6, 6.07) is 4.29. The number of aryl methyl sites for hydroxylation is 1. The molecule has 1 amide bonds. The first-order chi connectivity index (χ1) is 17.0. The number of amides is 1. The summed E-state index contributed by atoms with van der Waals surface area (Å²) >= 11 is 0. The summed E-state index contributed by atoms with van der Waals surface area (Å²) in [5.74, 6) is -0.0964. The fourth-order valence-electron chi connectivity index (χ4n) is 5.95. The van der Waals surface area contributed by atoms with Gasteiger partial charge in [0.2, 0.25) is 0 Å². The number of rotatable bonds is 5. The number of nitrogens with zero attached hydrogens (tertiary/aromatic N) is 3. The smallest absolute Gasteiger partial charge is 0.414 e. The summed E-state index contributed by atoms with van der Waals surface area (Å²) in [4.78, 5) is 30.9. The second-order valence-electron chi connectivity index (χ2n) is 10.0. The molecule has 1 aliphatic carbocycles. The molecule has 1 saturated heterocycles. The highest BCUT2D eigenvalue weighted by atomic mass is 16.5. The Morgan fingerprint density at radius 3 is 2.54 bits per heavy atom. The summed E-state index contributed by atoms with van der Waals surface area (Å²) in [7, 11) is 1.41. The Labute approximate surface area is 205 Å². The van der Waals surface area contributed by atoms with E-state index in [1.807, 2.05) is 13.0 Å². The van der Waals surface area contributed by atoms with Crippen LogP contribution in [0.15, 0.2) is 12.1 Å². The van der Waals surface area contributed by atoms with Crippen LogP contribution >= 0.6 is 0 Å². The molecular formula is C26H35N3O6. The van der Waals surface area contributed by atoms with Crippen LogP contribution in [-0.2, 0) is 32.0 Å². The van der Waals surface area contributed by atoms with Crippen molar-refractivity contribution in [2.24, 2.45) is 5.92 Å². The number of carbonyl (C=O) groups is 2. The van der Waals surface area contributed by atoms with Gasteiger partial charge in [0.25, 0.3) is 0 Å². The Balaban J connectivity index is 1.52. The second kappa shape index (κ2) is 10.1. The number of fused-ring (bicyclic) bond motifs is 3. The zero-order valence-electron chi connectivity index (χ0n) is 20.6. The van der Waals surface area contributed by atoms with Gasteiger partial charge < -0.3 is 23.9 Å². The summed E-state index contributed by atoms with van der Waals surface area (Å²) in [6.45, 7) is 3.88. The Morgan fingerprint density at radius 1 is 1.11 bits per heavy atom. The van der Waals surface area contributed by atoms with E-state index in [1.54, 1.807) is 4.90 Å². The van der Waals surface area contributed by atoms with Gasteiger partial charge in [0.15, 0.2) is 0 Å². The van der Waals surface area contributed by atoms with Crippen LogP contribution in [0.5, 0.6) is 0 Å². The lowest BCUT2D eigenvalue weighted by atomic mass is 9.86. The fraction of sp³-hybridized carbons (Fsp3) is 0.654. The minimum atomic E-state index is -0.701. The zero-order valence-corrected chi connectivity index (χ0v) is 20.6. The number of anilines is 1. The number of aliphatic carboxylic acids is 1. The monoisotopic (exact) mass is 485 g/mol. The lowest BCUT2D eigenvalue weighted by molar-refractivity contribution is -0.143. The number of ether oxygens (including phenoxy) is 3.